The monoisotopic (exact) mass is 732 g/mol. The van der Waals surface area contributed by atoms with E-state index in [-0.39, 0.29) is 38.5 Å². The van der Waals surface area contributed by atoms with E-state index in [1.54, 1.807) is 12.1 Å². The number of carbonyl (C=O) groups is 3. The smallest absolute Gasteiger partial charge is 0.407 e. The van der Waals surface area contributed by atoms with Crippen LogP contribution < -0.4 is 26.4 Å². The highest BCUT2D eigenvalue weighted by Crippen LogP contribution is 2.44. The third-order valence-electron chi connectivity index (χ3n) is 9.35. The Balaban J connectivity index is 1.01. The van der Waals surface area contributed by atoms with Crippen LogP contribution in [0.2, 0.25) is 0 Å². The van der Waals surface area contributed by atoms with Crippen LogP contribution in [-0.4, -0.2) is 43.2 Å². The van der Waals surface area contributed by atoms with E-state index in [0.717, 1.165) is 51.1 Å². The van der Waals surface area contributed by atoms with E-state index in [2.05, 4.69) is 40.2 Å². The molecule has 0 saturated heterocycles. The summed E-state index contributed by atoms with van der Waals surface area (Å²) in [4.78, 5) is 39.2. The summed E-state index contributed by atoms with van der Waals surface area (Å²) in [6, 6.07) is 32.0. The Morgan fingerprint density at radius 2 is 1.26 bits per heavy atom. The first kappa shape index (κ1) is 37.7. The molecule has 6 rings (SSSR count). The van der Waals surface area contributed by atoms with E-state index in [4.69, 9.17) is 15.2 Å². The molecular formula is C43H42F2N4O5. The fourth-order valence-corrected chi connectivity index (χ4v) is 6.54. The van der Waals surface area contributed by atoms with Crippen LogP contribution in [0.15, 0.2) is 115 Å². The fraction of sp³-hybridized carbons (Fsp3) is 0.233. The van der Waals surface area contributed by atoms with Crippen LogP contribution >= 0.6 is 0 Å². The van der Waals surface area contributed by atoms with Gasteiger partial charge in [-0.25, -0.2) is 13.6 Å². The topological polar surface area (TPSA) is 132 Å². The van der Waals surface area contributed by atoms with Gasteiger partial charge in [-0.2, -0.15) is 0 Å². The van der Waals surface area contributed by atoms with Gasteiger partial charge in [0.25, 0.3) is 0 Å². The predicted octanol–water partition coefficient (Wildman–Crippen LogP) is 6.32. The first-order valence-corrected chi connectivity index (χ1v) is 17.8. The number of nitrogens with one attached hydrogen (secondary N) is 3. The second kappa shape index (κ2) is 17.6. The molecule has 0 heterocycles. The van der Waals surface area contributed by atoms with Crippen molar-refractivity contribution >= 4 is 17.9 Å². The minimum absolute atomic E-state index is 0.0386. The van der Waals surface area contributed by atoms with E-state index in [0.29, 0.717) is 17.9 Å². The van der Waals surface area contributed by atoms with Gasteiger partial charge >= 0.3 is 6.09 Å². The molecule has 3 amide bonds. The van der Waals surface area contributed by atoms with Crippen LogP contribution in [0.4, 0.5) is 13.6 Å². The zero-order valence-corrected chi connectivity index (χ0v) is 29.8. The molecule has 11 heteroatoms. The highest BCUT2D eigenvalue weighted by Gasteiger charge is 2.29. The van der Waals surface area contributed by atoms with Gasteiger partial charge < -0.3 is 31.2 Å². The summed E-state index contributed by atoms with van der Waals surface area (Å²) in [5.74, 6) is -2.51. The summed E-state index contributed by atoms with van der Waals surface area (Å²) in [5, 5.41) is 8.31. The molecule has 0 spiro atoms. The lowest BCUT2D eigenvalue weighted by molar-refractivity contribution is -0.129. The van der Waals surface area contributed by atoms with Gasteiger partial charge in [0.05, 0.1) is 12.6 Å². The third kappa shape index (κ3) is 9.47. The molecule has 2 atom stereocenters. The van der Waals surface area contributed by atoms with Crippen molar-refractivity contribution in [3.05, 3.63) is 160 Å². The van der Waals surface area contributed by atoms with E-state index in [1.165, 1.54) is 6.07 Å². The Bertz CT molecular complexity index is 2050. The molecule has 0 saturated carbocycles. The molecule has 5 aromatic rings. The fourth-order valence-electron chi connectivity index (χ4n) is 6.54. The standard InChI is InChI=1S/C43H42F2N4O5/c1-2-53-31-18-15-27(16-19-31)22-39(46)41(50)49-40(23-30-17-20-37(44)38(45)21-30)42(51)47-24-28-11-13-29(14-12-28)25-48-43(52)54-26-36-34-9-5-3-7-32(34)33-8-4-6-10-35(33)36/h3-21,36,39-40H,2,22-26,46H2,1H3,(H,47,51)(H,48,52)(H,49,50). The molecule has 9 nitrogen and oxygen atoms in total. The largest absolute Gasteiger partial charge is 0.494 e. The predicted molar refractivity (Wildman–Crippen MR) is 201 cm³/mol. The minimum atomic E-state index is -1.12. The molecule has 0 aliphatic heterocycles. The number of hydrogen-bond acceptors (Lipinski definition) is 6. The van der Waals surface area contributed by atoms with E-state index >= 15 is 0 Å². The molecule has 0 bridgehead atoms. The summed E-state index contributed by atoms with van der Waals surface area (Å²) in [5.41, 5.74) is 13.5. The Morgan fingerprint density at radius 3 is 1.87 bits per heavy atom. The van der Waals surface area contributed by atoms with Crippen molar-refractivity contribution in [2.45, 2.75) is 50.9 Å². The van der Waals surface area contributed by atoms with Gasteiger partial charge in [-0.05, 0) is 82.1 Å². The van der Waals surface area contributed by atoms with Gasteiger partial charge in [0, 0.05) is 25.4 Å². The number of benzene rings is 5. The number of nitrogens with two attached hydrogens (primary N) is 1. The van der Waals surface area contributed by atoms with Gasteiger partial charge in [0.15, 0.2) is 11.6 Å². The van der Waals surface area contributed by atoms with Gasteiger partial charge in [-0.1, -0.05) is 91.0 Å². The number of ether oxygens (including phenoxy) is 2. The third-order valence-corrected chi connectivity index (χ3v) is 9.35. The zero-order valence-electron chi connectivity index (χ0n) is 29.8. The van der Waals surface area contributed by atoms with Crippen molar-refractivity contribution in [3.63, 3.8) is 0 Å². The zero-order chi connectivity index (χ0) is 38.0. The number of halogens is 2. The molecule has 5 N–H and O–H groups in total. The Morgan fingerprint density at radius 1 is 0.685 bits per heavy atom. The minimum Gasteiger partial charge on any atom is -0.494 e. The number of carbonyl (C=O) groups excluding carboxylic acids is 3. The lowest BCUT2D eigenvalue weighted by Gasteiger charge is -2.21. The van der Waals surface area contributed by atoms with E-state index in [1.807, 2.05) is 67.6 Å². The summed E-state index contributed by atoms with van der Waals surface area (Å²) in [7, 11) is 0. The van der Waals surface area contributed by atoms with E-state index < -0.39 is 41.6 Å². The van der Waals surface area contributed by atoms with Crippen LogP contribution in [0.5, 0.6) is 5.75 Å². The summed E-state index contributed by atoms with van der Waals surface area (Å²) in [6.07, 6.45) is -0.410. The first-order chi connectivity index (χ1) is 26.2. The van der Waals surface area contributed by atoms with Crippen LogP contribution in [0, 0.1) is 11.6 Å². The normalized spacial score (nSPS) is 12.9. The van der Waals surface area contributed by atoms with Crippen molar-refractivity contribution in [3.8, 4) is 16.9 Å². The summed E-state index contributed by atoms with van der Waals surface area (Å²) < 4.78 is 38.7. The maximum absolute atomic E-state index is 14.0. The van der Waals surface area contributed by atoms with Gasteiger partial charge in [-0.3, -0.25) is 9.59 Å². The molecule has 54 heavy (non-hydrogen) atoms. The number of fused-ring (bicyclic) bond motifs is 3. The van der Waals surface area contributed by atoms with Crippen LogP contribution in [0.1, 0.15) is 46.2 Å². The van der Waals surface area contributed by atoms with Gasteiger partial charge in [0.2, 0.25) is 11.8 Å². The molecule has 2 unspecified atom stereocenters. The van der Waals surface area contributed by atoms with Crippen LogP contribution in [0.3, 0.4) is 0 Å². The Hall–Kier alpha value is -6.07. The second-order valence-corrected chi connectivity index (χ2v) is 13.1. The Labute approximate surface area is 312 Å². The summed E-state index contributed by atoms with van der Waals surface area (Å²) >= 11 is 0. The maximum atomic E-state index is 14.0. The van der Waals surface area contributed by atoms with Crippen LogP contribution in [0.25, 0.3) is 11.1 Å². The summed E-state index contributed by atoms with van der Waals surface area (Å²) in [6.45, 7) is 2.99. The molecular weight excluding hydrogens is 690 g/mol. The molecule has 1 aliphatic carbocycles. The Kier molecular flexibility index (Phi) is 12.3. The van der Waals surface area contributed by atoms with E-state index in [9.17, 15) is 23.2 Å². The number of amides is 3. The highest BCUT2D eigenvalue weighted by molar-refractivity contribution is 5.90. The maximum Gasteiger partial charge on any atom is 0.407 e. The molecule has 0 aromatic heterocycles. The lowest BCUT2D eigenvalue weighted by Crippen LogP contribution is -2.53. The second-order valence-electron chi connectivity index (χ2n) is 13.1. The lowest BCUT2D eigenvalue weighted by atomic mass is 9.98. The van der Waals surface area contributed by atoms with Gasteiger partial charge in [0.1, 0.15) is 18.4 Å². The quantitative estimate of drug-likeness (QED) is 0.0998. The van der Waals surface area contributed by atoms with Crippen molar-refractivity contribution in [2.75, 3.05) is 13.2 Å². The molecule has 278 valence electrons. The number of alkyl carbamates (subject to hydrolysis) is 1. The van der Waals surface area contributed by atoms with Crippen LogP contribution in [-0.2, 0) is 40.3 Å². The molecule has 1 aliphatic rings. The van der Waals surface area contributed by atoms with Crippen molar-refractivity contribution in [1.29, 1.82) is 0 Å². The number of hydrogen-bond donors (Lipinski definition) is 4. The highest BCUT2D eigenvalue weighted by atomic mass is 19.2. The molecule has 0 fully saturated rings. The van der Waals surface area contributed by atoms with Crippen molar-refractivity contribution in [1.82, 2.24) is 16.0 Å². The molecule has 0 radical (unpaired) electrons. The molecule has 5 aromatic carbocycles. The van der Waals surface area contributed by atoms with Crippen molar-refractivity contribution < 1.29 is 32.6 Å². The van der Waals surface area contributed by atoms with Crippen molar-refractivity contribution in [2.24, 2.45) is 5.73 Å². The SMILES string of the molecule is CCOc1ccc(CC(N)C(=O)NC(Cc2ccc(F)c(F)c2)C(=O)NCc2ccc(CNC(=O)OCC3c4ccccc4-c4ccccc43)cc2)cc1. The van der Waals surface area contributed by atoms with Gasteiger partial charge in [-0.15, -0.1) is 0 Å². The first-order valence-electron chi connectivity index (χ1n) is 17.8. The number of rotatable bonds is 15. The average Bonchev–Trinajstić information content (AvgIpc) is 3.51. The average molecular weight is 733 g/mol.